The van der Waals surface area contributed by atoms with E-state index in [4.69, 9.17) is 13.9 Å². The van der Waals surface area contributed by atoms with Crippen molar-refractivity contribution in [2.45, 2.75) is 53.1 Å². The molecule has 1 aromatic carbocycles. The van der Waals surface area contributed by atoms with E-state index in [9.17, 15) is 9.59 Å². The second kappa shape index (κ2) is 9.22. The number of esters is 1. The van der Waals surface area contributed by atoms with Gasteiger partial charge in [0.15, 0.2) is 6.10 Å². The van der Waals surface area contributed by atoms with Gasteiger partial charge in [-0.25, -0.2) is 9.78 Å². The van der Waals surface area contributed by atoms with Gasteiger partial charge in [0.05, 0.1) is 17.6 Å². The maximum Gasteiger partial charge on any atom is 0.347 e. The minimum Gasteiger partial charge on any atom is -0.479 e. The van der Waals surface area contributed by atoms with Gasteiger partial charge in [-0.15, -0.1) is 11.3 Å². The molecule has 6 nitrogen and oxygen atoms in total. The van der Waals surface area contributed by atoms with E-state index in [1.165, 1.54) is 17.6 Å². The molecule has 3 rings (SSSR count). The van der Waals surface area contributed by atoms with Gasteiger partial charge >= 0.3 is 5.97 Å². The average Bonchev–Trinajstić information content (AvgIpc) is 3.13. The summed E-state index contributed by atoms with van der Waals surface area (Å²) in [6.07, 6.45) is 3.35. The highest BCUT2D eigenvalue weighted by molar-refractivity contribution is 7.13. The number of nitrogens with zero attached hydrogens (tertiary/aromatic N) is 1. The molecule has 0 aliphatic rings. The van der Waals surface area contributed by atoms with Gasteiger partial charge in [-0.1, -0.05) is 13.3 Å². The van der Waals surface area contributed by atoms with Crippen molar-refractivity contribution in [2.75, 3.05) is 6.61 Å². The summed E-state index contributed by atoms with van der Waals surface area (Å²) in [6, 6.07) is 3.50. The molecule has 29 heavy (non-hydrogen) atoms. The van der Waals surface area contributed by atoms with Crippen molar-refractivity contribution in [2.24, 2.45) is 0 Å². The third-order valence-corrected chi connectivity index (χ3v) is 5.52. The molecule has 0 aliphatic heterocycles. The van der Waals surface area contributed by atoms with Gasteiger partial charge in [0, 0.05) is 17.1 Å². The number of carbonyl (C=O) groups excluding carboxylic acids is 1. The SMILES string of the molecule is CCCCc1cc2c(=O)c(-c3nc(C)cs3)coc2cc1O[C@@H](C)C(=O)OCC. The molecule has 7 heteroatoms. The highest BCUT2D eigenvalue weighted by Gasteiger charge is 2.20. The zero-order valence-electron chi connectivity index (χ0n) is 17.1. The number of fused-ring (bicyclic) bond motifs is 1. The summed E-state index contributed by atoms with van der Waals surface area (Å²) in [6.45, 7) is 7.68. The molecule has 0 aliphatic carbocycles. The lowest BCUT2D eigenvalue weighted by Gasteiger charge is -2.17. The molecule has 0 radical (unpaired) electrons. The second-order valence-corrected chi connectivity index (χ2v) is 7.70. The van der Waals surface area contributed by atoms with Crippen LogP contribution in [0.15, 0.2) is 33.0 Å². The molecule has 0 saturated heterocycles. The Hall–Kier alpha value is -2.67. The fourth-order valence-electron chi connectivity index (χ4n) is 3.00. The van der Waals surface area contributed by atoms with Crippen LogP contribution in [0, 0.1) is 6.92 Å². The number of ether oxygens (including phenoxy) is 2. The van der Waals surface area contributed by atoms with E-state index in [-0.39, 0.29) is 5.43 Å². The number of rotatable bonds is 8. The van der Waals surface area contributed by atoms with Gasteiger partial charge in [-0.2, -0.15) is 0 Å². The number of aromatic nitrogens is 1. The van der Waals surface area contributed by atoms with E-state index in [1.54, 1.807) is 19.9 Å². The Morgan fingerprint density at radius 1 is 1.31 bits per heavy atom. The topological polar surface area (TPSA) is 78.6 Å². The Morgan fingerprint density at radius 2 is 2.10 bits per heavy atom. The maximum atomic E-state index is 13.1. The average molecular weight is 416 g/mol. The first-order valence-corrected chi connectivity index (χ1v) is 10.7. The first kappa shape index (κ1) is 21.0. The molecule has 0 bridgehead atoms. The Balaban J connectivity index is 2.05. The van der Waals surface area contributed by atoms with Gasteiger partial charge in [0.25, 0.3) is 0 Å². The van der Waals surface area contributed by atoms with Crippen LogP contribution in [0.2, 0.25) is 0 Å². The second-order valence-electron chi connectivity index (χ2n) is 6.84. The standard InChI is InChI=1S/C22H25NO5S/c1-5-7-8-15-9-16-19(10-18(15)28-14(4)22(25)26-6-2)27-11-17(20(16)24)21-23-13(3)12-29-21/h9-12,14H,5-8H2,1-4H3/t14-/m0/s1. The quantitative estimate of drug-likeness (QED) is 0.487. The highest BCUT2D eigenvalue weighted by Crippen LogP contribution is 2.30. The smallest absolute Gasteiger partial charge is 0.347 e. The molecule has 0 amide bonds. The van der Waals surface area contributed by atoms with Crippen molar-refractivity contribution in [3.05, 3.63) is 45.3 Å². The van der Waals surface area contributed by atoms with Crippen molar-refractivity contribution in [3.8, 4) is 16.3 Å². The monoisotopic (exact) mass is 415 g/mol. The molecule has 0 N–H and O–H groups in total. The van der Waals surface area contributed by atoms with Gasteiger partial charge in [-0.3, -0.25) is 4.79 Å². The number of carbonyl (C=O) groups is 1. The fourth-order valence-corrected chi connectivity index (χ4v) is 3.80. The first-order chi connectivity index (χ1) is 13.9. The van der Waals surface area contributed by atoms with Crippen LogP contribution in [-0.2, 0) is 16.0 Å². The molecule has 3 aromatic rings. The lowest BCUT2D eigenvalue weighted by atomic mass is 10.0. The molecule has 154 valence electrons. The summed E-state index contributed by atoms with van der Waals surface area (Å²) >= 11 is 1.42. The largest absolute Gasteiger partial charge is 0.479 e. The summed E-state index contributed by atoms with van der Waals surface area (Å²) < 4.78 is 16.7. The number of benzene rings is 1. The molecular formula is C22H25NO5S. The molecular weight excluding hydrogens is 390 g/mol. The normalized spacial score (nSPS) is 12.1. The number of hydrogen-bond donors (Lipinski definition) is 0. The van der Waals surface area contributed by atoms with Crippen LogP contribution in [0.4, 0.5) is 0 Å². The van der Waals surface area contributed by atoms with Crippen LogP contribution in [0.1, 0.15) is 44.9 Å². The number of thiazole rings is 1. The van der Waals surface area contributed by atoms with Crippen LogP contribution >= 0.6 is 11.3 Å². The molecule has 0 spiro atoms. The Morgan fingerprint density at radius 3 is 2.76 bits per heavy atom. The van der Waals surface area contributed by atoms with Gasteiger partial charge < -0.3 is 13.9 Å². The van der Waals surface area contributed by atoms with Gasteiger partial charge in [0.1, 0.15) is 22.6 Å². The van der Waals surface area contributed by atoms with Crippen LogP contribution in [-0.4, -0.2) is 23.7 Å². The summed E-state index contributed by atoms with van der Waals surface area (Å²) in [5.74, 6) is 0.109. The predicted octanol–water partition coefficient (Wildman–Crippen LogP) is 4.90. The van der Waals surface area contributed by atoms with Crippen molar-refractivity contribution in [1.82, 2.24) is 4.98 Å². The molecule has 0 unspecified atom stereocenters. The van der Waals surface area contributed by atoms with E-state index in [1.807, 2.05) is 18.4 Å². The lowest BCUT2D eigenvalue weighted by molar-refractivity contribution is -0.150. The number of hydrogen-bond acceptors (Lipinski definition) is 7. The van der Waals surface area contributed by atoms with Crippen molar-refractivity contribution < 1.29 is 18.7 Å². The summed E-state index contributed by atoms with van der Waals surface area (Å²) in [7, 11) is 0. The molecule has 0 fully saturated rings. The van der Waals surface area contributed by atoms with Crippen LogP contribution in [0.3, 0.4) is 0 Å². The van der Waals surface area contributed by atoms with Crippen LogP contribution in [0.25, 0.3) is 21.5 Å². The van der Waals surface area contributed by atoms with E-state index in [0.717, 1.165) is 30.5 Å². The Bertz CT molecular complexity index is 1070. The summed E-state index contributed by atoms with van der Waals surface area (Å²) in [5, 5.41) is 3.03. The third kappa shape index (κ3) is 4.67. The summed E-state index contributed by atoms with van der Waals surface area (Å²) in [5.41, 5.74) is 2.48. The third-order valence-electron chi connectivity index (χ3n) is 4.53. The zero-order chi connectivity index (χ0) is 21.0. The van der Waals surface area contributed by atoms with Crippen molar-refractivity contribution in [1.29, 1.82) is 0 Å². The van der Waals surface area contributed by atoms with E-state index >= 15 is 0 Å². The van der Waals surface area contributed by atoms with Crippen molar-refractivity contribution in [3.63, 3.8) is 0 Å². The lowest BCUT2D eigenvalue weighted by Crippen LogP contribution is -2.26. The van der Waals surface area contributed by atoms with E-state index in [2.05, 4.69) is 11.9 Å². The predicted molar refractivity (Wildman–Crippen MR) is 114 cm³/mol. The highest BCUT2D eigenvalue weighted by atomic mass is 32.1. The number of aryl methyl sites for hydroxylation is 2. The van der Waals surface area contributed by atoms with Gasteiger partial charge in [-0.05, 0) is 45.2 Å². The van der Waals surface area contributed by atoms with Crippen LogP contribution < -0.4 is 10.2 Å². The van der Waals surface area contributed by atoms with Crippen LogP contribution in [0.5, 0.6) is 5.75 Å². The zero-order valence-corrected chi connectivity index (χ0v) is 17.9. The van der Waals surface area contributed by atoms with Crippen molar-refractivity contribution >= 4 is 28.3 Å². The molecule has 0 saturated carbocycles. The fraction of sp³-hybridized carbons (Fsp3) is 0.409. The minimum atomic E-state index is -0.753. The van der Waals surface area contributed by atoms with Gasteiger partial charge in [0.2, 0.25) is 5.43 Å². The number of unbranched alkanes of at least 4 members (excludes halogenated alkanes) is 1. The minimum absolute atomic E-state index is 0.122. The Labute approximate surface area is 173 Å². The molecule has 2 aromatic heterocycles. The first-order valence-electron chi connectivity index (χ1n) is 9.78. The van der Waals surface area contributed by atoms with E-state index in [0.29, 0.717) is 33.9 Å². The summed E-state index contributed by atoms with van der Waals surface area (Å²) in [4.78, 5) is 29.4. The van der Waals surface area contributed by atoms with E-state index < -0.39 is 12.1 Å². The molecule has 2 heterocycles. The maximum absolute atomic E-state index is 13.1. The Kier molecular flexibility index (Phi) is 6.69. The molecule has 1 atom stereocenters.